The highest BCUT2D eigenvalue weighted by atomic mass is 19.4. The second kappa shape index (κ2) is 8.99. The quantitative estimate of drug-likeness (QED) is 0.743. The van der Waals surface area contributed by atoms with Crippen LogP contribution >= 0.6 is 0 Å². The Hall–Kier alpha value is -2.78. The fraction of sp³-hybridized carbons (Fsp3) is 0.435. The SMILES string of the molecule is O=C(OCc1ccccc1)N1C2COCC1CC(O)(Cc1ccc(OC(F)(F)F)cc1)C2. The maximum atomic E-state index is 12.8. The van der Waals surface area contributed by atoms with Gasteiger partial charge in [0.1, 0.15) is 12.4 Å². The lowest BCUT2D eigenvalue weighted by Crippen LogP contribution is -2.64. The first-order valence-corrected chi connectivity index (χ1v) is 10.3. The highest BCUT2D eigenvalue weighted by Gasteiger charge is 2.48. The molecule has 2 atom stereocenters. The average Bonchev–Trinajstić information content (AvgIpc) is 2.72. The van der Waals surface area contributed by atoms with Gasteiger partial charge in [0.2, 0.25) is 0 Å². The second-order valence-electron chi connectivity index (χ2n) is 8.29. The maximum Gasteiger partial charge on any atom is 0.573 e. The van der Waals surface area contributed by atoms with Crippen molar-refractivity contribution in [2.75, 3.05) is 13.2 Å². The van der Waals surface area contributed by atoms with Crippen LogP contribution < -0.4 is 4.74 Å². The Morgan fingerprint density at radius 3 is 2.25 bits per heavy atom. The highest BCUT2D eigenvalue weighted by Crippen LogP contribution is 2.37. The molecule has 2 aliphatic heterocycles. The lowest BCUT2D eigenvalue weighted by Gasteiger charge is -2.51. The van der Waals surface area contributed by atoms with E-state index in [-0.39, 0.29) is 56.9 Å². The molecule has 0 saturated carbocycles. The molecule has 0 spiro atoms. The monoisotopic (exact) mass is 451 g/mol. The van der Waals surface area contributed by atoms with E-state index in [1.165, 1.54) is 24.3 Å². The molecule has 1 amide bonds. The molecule has 4 rings (SSSR count). The van der Waals surface area contributed by atoms with E-state index in [0.717, 1.165) is 5.56 Å². The molecule has 2 unspecified atom stereocenters. The van der Waals surface area contributed by atoms with E-state index in [2.05, 4.69) is 4.74 Å². The summed E-state index contributed by atoms with van der Waals surface area (Å²) >= 11 is 0. The average molecular weight is 451 g/mol. The summed E-state index contributed by atoms with van der Waals surface area (Å²) in [6.45, 7) is 0.738. The predicted octanol–water partition coefficient (Wildman–Crippen LogP) is 4.06. The van der Waals surface area contributed by atoms with Gasteiger partial charge in [-0.2, -0.15) is 0 Å². The van der Waals surface area contributed by atoms with Gasteiger partial charge in [0.15, 0.2) is 0 Å². The van der Waals surface area contributed by atoms with Crippen LogP contribution in [-0.4, -0.2) is 53.4 Å². The molecule has 6 nitrogen and oxygen atoms in total. The molecule has 172 valence electrons. The number of carbonyl (C=O) groups excluding carboxylic acids is 1. The van der Waals surface area contributed by atoms with Crippen LogP contribution in [0, 0.1) is 0 Å². The van der Waals surface area contributed by atoms with Crippen molar-refractivity contribution >= 4 is 6.09 Å². The summed E-state index contributed by atoms with van der Waals surface area (Å²) in [7, 11) is 0. The zero-order valence-corrected chi connectivity index (χ0v) is 17.3. The molecule has 2 aliphatic rings. The van der Waals surface area contributed by atoms with Crippen LogP contribution in [0.5, 0.6) is 5.75 Å². The number of aliphatic hydroxyl groups is 1. The van der Waals surface area contributed by atoms with E-state index < -0.39 is 18.1 Å². The maximum absolute atomic E-state index is 12.8. The van der Waals surface area contributed by atoms with Crippen LogP contribution in [0.3, 0.4) is 0 Å². The Morgan fingerprint density at radius 1 is 1.03 bits per heavy atom. The van der Waals surface area contributed by atoms with Gasteiger partial charge in [-0.1, -0.05) is 42.5 Å². The standard InChI is InChI=1S/C23H24F3NO5/c24-23(25,26)32-20-8-6-16(7-9-20)10-22(29)11-18-14-30-15-19(12-22)27(18)21(28)31-13-17-4-2-1-3-5-17/h1-9,18-19,29H,10-15H2. The van der Waals surface area contributed by atoms with E-state index in [9.17, 15) is 23.1 Å². The van der Waals surface area contributed by atoms with Crippen molar-refractivity contribution in [1.29, 1.82) is 0 Å². The summed E-state index contributed by atoms with van der Waals surface area (Å²) in [5.74, 6) is -0.311. The number of halogens is 3. The number of carbonyl (C=O) groups is 1. The van der Waals surface area contributed by atoms with E-state index in [0.29, 0.717) is 5.56 Å². The molecule has 32 heavy (non-hydrogen) atoms. The molecular formula is C23H24F3NO5. The van der Waals surface area contributed by atoms with Gasteiger partial charge in [0, 0.05) is 6.42 Å². The van der Waals surface area contributed by atoms with E-state index >= 15 is 0 Å². The van der Waals surface area contributed by atoms with E-state index in [1.807, 2.05) is 30.3 Å². The van der Waals surface area contributed by atoms with Crippen LogP contribution in [0.15, 0.2) is 54.6 Å². The Bertz CT molecular complexity index is 905. The molecule has 0 aliphatic carbocycles. The Balaban J connectivity index is 1.39. The Labute approximate surface area is 183 Å². The fourth-order valence-electron chi connectivity index (χ4n) is 4.50. The van der Waals surface area contributed by atoms with E-state index in [1.54, 1.807) is 4.90 Å². The smallest absolute Gasteiger partial charge is 0.445 e. The Kier molecular flexibility index (Phi) is 6.30. The number of nitrogens with zero attached hydrogens (tertiary/aromatic N) is 1. The molecule has 2 heterocycles. The third-order valence-corrected chi connectivity index (χ3v) is 5.74. The minimum absolute atomic E-state index is 0.160. The zero-order chi connectivity index (χ0) is 22.8. The predicted molar refractivity (Wildman–Crippen MR) is 108 cm³/mol. The number of hydrogen-bond donors (Lipinski definition) is 1. The minimum Gasteiger partial charge on any atom is -0.445 e. The van der Waals surface area contributed by atoms with Crippen molar-refractivity contribution < 1.29 is 37.3 Å². The van der Waals surface area contributed by atoms with Crippen molar-refractivity contribution in [3.05, 3.63) is 65.7 Å². The molecule has 9 heteroatoms. The van der Waals surface area contributed by atoms with Crippen molar-refractivity contribution in [1.82, 2.24) is 4.90 Å². The summed E-state index contributed by atoms with van der Waals surface area (Å²) in [5.41, 5.74) is 0.455. The Morgan fingerprint density at radius 2 is 1.66 bits per heavy atom. The summed E-state index contributed by atoms with van der Waals surface area (Å²) < 4.78 is 52.0. The van der Waals surface area contributed by atoms with Gasteiger partial charge in [0.05, 0.1) is 30.9 Å². The highest BCUT2D eigenvalue weighted by molar-refractivity contribution is 5.69. The lowest BCUT2D eigenvalue weighted by molar-refractivity contribution is -0.274. The van der Waals surface area contributed by atoms with Crippen LogP contribution in [0.25, 0.3) is 0 Å². The molecule has 1 N–H and O–H groups in total. The van der Waals surface area contributed by atoms with Gasteiger partial charge in [-0.25, -0.2) is 4.79 Å². The molecule has 0 aromatic heterocycles. The summed E-state index contributed by atoms with van der Waals surface area (Å²) in [6, 6.07) is 14.1. The summed E-state index contributed by atoms with van der Waals surface area (Å²) in [5, 5.41) is 11.2. The molecule has 2 bridgehead atoms. The van der Waals surface area contributed by atoms with Crippen LogP contribution in [0.4, 0.5) is 18.0 Å². The summed E-state index contributed by atoms with van der Waals surface area (Å²) in [6.07, 6.45) is -4.38. The zero-order valence-electron chi connectivity index (χ0n) is 17.3. The van der Waals surface area contributed by atoms with Gasteiger partial charge >= 0.3 is 12.5 Å². The van der Waals surface area contributed by atoms with Crippen LogP contribution in [0.2, 0.25) is 0 Å². The summed E-state index contributed by atoms with van der Waals surface area (Å²) in [4.78, 5) is 14.4. The van der Waals surface area contributed by atoms with Gasteiger partial charge in [0.25, 0.3) is 0 Å². The topological polar surface area (TPSA) is 68.2 Å². The number of fused-ring (bicyclic) bond motifs is 2. The number of morpholine rings is 1. The van der Waals surface area contributed by atoms with Crippen LogP contribution in [-0.2, 0) is 22.5 Å². The number of hydrogen-bond acceptors (Lipinski definition) is 5. The normalized spacial score (nSPS) is 25.3. The molecular weight excluding hydrogens is 427 g/mol. The number of alkyl halides is 3. The number of rotatable bonds is 5. The first-order valence-electron chi connectivity index (χ1n) is 10.3. The third-order valence-electron chi connectivity index (χ3n) is 5.74. The lowest BCUT2D eigenvalue weighted by atomic mass is 9.78. The van der Waals surface area contributed by atoms with E-state index in [4.69, 9.17) is 9.47 Å². The van der Waals surface area contributed by atoms with Crippen molar-refractivity contribution in [3.63, 3.8) is 0 Å². The van der Waals surface area contributed by atoms with Gasteiger partial charge < -0.3 is 19.3 Å². The molecule has 0 radical (unpaired) electrons. The largest absolute Gasteiger partial charge is 0.573 e. The van der Waals surface area contributed by atoms with Crippen molar-refractivity contribution in [3.8, 4) is 5.75 Å². The second-order valence-corrected chi connectivity index (χ2v) is 8.29. The van der Waals surface area contributed by atoms with Crippen LogP contribution in [0.1, 0.15) is 24.0 Å². The minimum atomic E-state index is -4.75. The third kappa shape index (κ3) is 5.52. The first-order chi connectivity index (χ1) is 15.2. The van der Waals surface area contributed by atoms with Gasteiger partial charge in [-0.05, 0) is 36.1 Å². The van der Waals surface area contributed by atoms with Crippen molar-refractivity contribution in [2.24, 2.45) is 0 Å². The number of ether oxygens (including phenoxy) is 3. The molecule has 2 saturated heterocycles. The van der Waals surface area contributed by atoms with Crippen molar-refractivity contribution in [2.45, 2.75) is 49.9 Å². The molecule has 2 aromatic rings. The van der Waals surface area contributed by atoms with Gasteiger partial charge in [-0.3, -0.25) is 4.90 Å². The number of benzene rings is 2. The molecule has 2 fully saturated rings. The first kappa shape index (κ1) is 22.4. The fourth-order valence-corrected chi connectivity index (χ4v) is 4.50. The van der Waals surface area contributed by atoms with Gasteiger partial charge in [-0.15, -0.1) is 13.2 Å². The number of amides is 1. The number of piperidine rings is 1. The molecule has 2 aromatic carbocycles.